The first kappa shape index (κ1) is 14.8. The first-order valence-electron chi connectivity index (χ1n) is 8.59. The molecule has 0 N–H and O–H groups in total. The van der Waals surface area contributed by atoms with E-state index in [4.69, 9.17) is 4.98 Å². The van der Waals surface area contributed by atoms with Gasteiger partial charge in [0.1, 0.15) is 12.1 Å². The topological polar surface area (TPSA) is 34.9 Å². The van der Waals surface area contributed by atoms with Gasteiger partial charge in [0.05, 0.1) is 11.0 Å². The zero-order valence-electron chi connectivity index (χ0n) is 14.3. The van der Waals surface area contributed by atoms with Crippen molar-refractivity contribution in [2.24, 2.45) is 7.05 Å². The summed E-state index contributed by atoms with van der Waals surface area (Å²) in [6.07, 6.45) is 0.861. The Kier molecular flexibility index (Phi) is 3.16. The fourth-order valence-corrected chi connectivity index (χ4v) is 3.81. The lowest BCUT2D eigenvalue weighted by molar-refractivity contribution is 0.112. The average molecular weight is 336 g/mol. The van der Waals surface area contributed by atoms with Crippen molar-refractivity contribution >= 4 is 38.9 Å². The summed E-state index contributed by atoms with van der Waals surface area (Å²) in [5, 5.41) is 4.82. The van der Waals surface area contributed by atoms with E-state index in [0.29, 0.717) is 5.56 Å². The highest BCUT2D eigenvalue weighted by Gasteiger charge is 2.16. The number of benzene rings is 4. The molecule has 26 heavy (non-hydrogen) atoms. The van der Waals surface area contributed by atoms with Gasteiger partial charge in [-0.15, -0.1) is 0 Å². The van der Waals surface area contributed by atoms with E-state index in [0.717, 1.165) is 34.1 Å². The second-order valence-corrected chi connectivity index (χ2v) is 6.52. The second kappa shape index (κ2) is 5.53. The molecule has 0 spiro atoms. The molecule has 0 fully saturated rings. The lowest BCUT2D eigenvalue weighted by Crippen LogP contribution is -1.93. The number of rotatable bonds is 2. The van der Waals surface area contributed by atoms with Gasteiger partial charge in [0.15, 0.2) is 0 Å². The summed E-state index contributed by atoms with van der Waals surface area (Å²) in [6.45, 7) is 0. The van der Waals surface area contributed by atoms with Gasteiger partial charge in [-0.05, 0) is 10.8 Å². The molecular weight excluding hydrogens is 320 g/mol. The minimum Gasteiger partial charge on any atom is -0.327 e. The molecule has 0 radical (unpaired) electrons. The predicted octanol–water partition coefficient (Wildman–Crippen LogP) is 5.36. The minimum absolute atomic E-state index is 0.670. The molecule has 5 rings (SSSR count). The van der Waals surface area contributed by atoms with Crippen LogP contribution in [0.3, 0.4) is 0 Å². The normalized spacial score (nSPS) is 11.4. The molecule has 3 nitrogen and oxygen atoms in total. The van der Waals surface area contributed by atoms with Gasteiger partial charge in [-0.2, -0.15) is 0 Å². The van der Waals surface area contributed by atoms with Crippen molar-refractivity contribution in [1.29, 1.82) is 0 Å². The van der Waals surface area contributed by atoms with E-state index < -0.39 is 0 Å². The third kappa shape index (κ3) is 2.01. The molecule has 1 heterocycles. The smallest absolute Gasteiger partial charge is 0.150 e. The highest BCUT2D eigenvalue weighted by molar-refractivity contribution is 6.23. The molecule has 0 unspecified atom stereocenters. The Labute approximate surface area is 150 Å². The number of hydrogen-bond acceptors (Lipinski definition) is 2. The SMILES string of the molecule is Cn1c(-c2ccc(C=O)cc2)nc2c3ccccc3c3ccccc3c21. The molecule has 5 aromatic rings. The Morgan fingerprint density at radius 1 is 0.769 bits per heavy atom. The van der Waals surface area contributed by atoms with Gasteiger partial charge < -0.3 is 4.57 Å². The number of nitrogens with zero attached hydrogens (tertiary/aromatic N) is 2. The van der Waals surface area contributed by atoms with E-state index in [1.807, 2.05) is 24.3 Å². The van der Waals surface area contributed by atoms with Crippen molar-refractivity contribution in [1.82, 2.24) is 9.55 Å². The van der Waals surface area contributed by atoms with Crippen LogP contribution in [0.15, 0.2) is 72.8 Å². The van der Waals surface area contributed by atoms with Crippen molar-refractivity contribution in [3.63, 3.8) is 0 Å². The summed E-state index contributed by atoms with van der Waals surface area (Å²) in [6, 6.07) is 24.5. The minimum atomic E-state index is 0.670. The van der Waals surface area contributed by atoms with E-state index in [1.165, 1.54) is 16.2 Å². The Morgan fingerprint density at radius 3 is 2.00 bits per heavy atom. The molecular formula is C23H16N2O. The maximum Gasteiger partial charge on any atom is 0.150 e. The number of carbonyl (C=O) groups excluding carboxylic acids is 1. The van der Waals surface area contributed by atoms with Crippen LogP contribution in [0.4, 0.5) is 0 Å². The van der Waals surface area contributed by atoms with Gasteiger partial charge in [0, 0.05) is 28.9 Å². The Balaban J connectivity index is 1.94. The number of aryl methyl sites for hydroxylation is 1. The van der Waals surface area contributed by atoms with Gasteiger partial charge in [-0.1, -0.05) is 72.8 Å². The third-order valence-electron chi connectivity index (χ3n) is 5.05. The van der Waals surface area contributed by atoms with Crippen LogP contribution in [0.25, 0.3) is 44.0 Å². The number of fused-ring (bicyclic) bond motifs is 6. The number of imidazole rings is 1. The summed E-state index contributed by atoms with van der Waals surface area (Å²) >= 11 is 0. The molecule has 0 aliphatic heterocycles. The molecule has 124 valence electrons. The molecule has 3 heteroatoms. The summed E-state index contributed by atoms with van der Waals surface area (Å²) in [5.41, 5.74) is 3.82. The zero-order valence-corrected chi connectivity index (χ0v) is 14.3. The van der Waals surface area contributed by atoms with Crippen molar-refractivity contribution < 1.29 is 4.79 Å². The van der Waals surface area contributed by atoms with Crippen molar-refractivity contribution in [2.75, 3.05) is 0 Å². The Bertz CT molecular complexity index is 1300. The van der Waals surface area contributed by atoms with Crippen LogP contribution in [0.5, 0.6) is 0 Å². The molecule has 1 aromatic heterocycles. The first-order chi connectivity index (χ1) is 12.8. The van der Waals surface area contributed by atoms with Crippen LogP contribution in [0.1, 0.15) is 10.4 Å². The van der Waals surface area contributed by atoms with Crippen LogP contribution >= 0.6 is 0 Å². The average Bonchev–Trinajstić information content (AvgIpc) is 3.06. The summed E-state index contributed by atoms with van der Waals surface area (Å²) < 4.78 is 2.15. The maximum atomic E-state index is 10.9. The second-order valence-electron chi connectivity index (χ2n) is 6.52. The van der Waals surface area contributed by atoms with Crippen LogP contribution in [-0.2, 0) is 7.05 Å². The number of carbonyl (C=O) groups is 1. The summed E-state index contributed by atoms with van der Waals surface area (Å²) in [7, 11) is 2.06. The van der Waals surface area contributed by atoms with Crippen molar-refractivity contribution in [3.8, 4) is 11.4 Å². The highest BCUT2D eigenvalue weighted by atomic mass is 16.1. The largest absolute Gasteiger partial charge is 0.327 e. The Morgan fingerprint density at radius 2 is 1.35 bits per heavy atom. The van der Waals surface area contributed by atoms with E-state index >= 15 is 0 Å². The number of hydrogen-bond donors (Lipinski definition) is 0. The summed E-state index contributed by atoms with van der Waals surface area (Å²) in [4.78, 5) is 15.9. The molecule has 0 amide bonds. The van der Waals surface area contributed by atoms with Gasteiger partial charge in [0.25, 0.3) is 0 Å². The monoisotopic (exact) mass is 336 g/mol. The van der Waals surface area contributed by atoms with Crippen LogP contribution in [-0.4, -0.2) is 15.8 Å². The molecule has 0 aliphatic rings. The van der Waals surface area contributed by atoms with Crippen molar-refractivity contribution in [2.45, 2.75) is 0 Å². The van der Waals surface area contributed by atoms with E-state index in [2.05, 4.69) is 60.1 Å². The van der Waals surface area contributed by atoms with E-state index in [9.17, 15) is 4.79 Å². The quantitative estimate of drug-likeness (QED) is 0.321. The lowest BCUT2D eigenvalue weighted by Gasteiger charge is -2.08. The lowest BCUT2D eigenvalue weighted by atomic mass is 10.00. The van der Waals surface area contributed by atoms with Crippen LogP contribution < -0.4 is 0 Å². The third-order valence-corrected chi connectivity index (χ3v) is 5.05. The fraction of sp³-hybridized carbons (Fsp3) is 0.0435. The van der Waals surface area contributed by atoms with E-state index in [-0.39, 0.29) is 0 Å². The fourth-order valence-electron chi connectivity index (χ4n) is 3.81. The molecule has 0 saturated carbocycles. The van der Waals surface area contributed by atoms with E-state index in [1.54, 1.807) is 0 Å². The molecule has 4 aromatic carbocycles. The summed E-state index contributed by atoms with van der Waals surface area (Å²) in [5.74, 6) is 0.902. The van der Waals surface area contributed by atoms with Gasteiger partial charge in [-0.3, -0.25) is 4.79 Å². The maximum absolute atomic E-state index is 10.9. The molecule has 0 aliphatic carbocycles. The van der Waals surface area contributed by atoms with Gasteiger partial charge in [0.2, 0.25) is 0 Å². The number of aldehydes is 1. The molecule has 0 bridgehead atoms. The van der Waals surface area contributed by atoms with Crippen LogP contribution in [0.2, 0.25) is 0 Å². The molecule has 0 saturated heterocycles. The first-order valence-corrected chi connectivity index (χ1v) is 8.59. The van der Waals surface area contributed by atoms with Gasteiger partial charge >= 0.3 is 0 Å². The number of aromatic nitrogens is 2. The molecule has 0 atom stereocenters. The zero-order chi connectivity index (χ0) is 17.7. The standard InChI is InChI=1S/C23H16N2O/c1-25-22-20-9-5-3-7-18(20)17-6-2-4-8-19(17)21(22)24-23(25)16-12-10-15(14-26)11-13-16/h2-14H,1H3. The van der Waals surface area contributed by atoms with Crippen molar-refractivity contribution in [3.05, 3.63) is 78.4 Å². The van der Waals surface area contributed by atoms with Crippen LogP contribution in [0, 0.1) is 0 Å². The predicted molar refractivity (Wildman–Crippen MR) is 107 cm³/mol. The van der Waals surface area contributed by atoms with Gasteiger partial charge in [-0.25, -0.2) is 4.98 Å². The Hall–Kier alpha value is -3.46. The highest BCUT2D eigenvalue weighted by Crippen LogP contribution is 2.36.